The molecule has 1 unspecified atom stereocenters. The molecule has 1 amide bonds. The van der Waals surface area contributed by atoms with Crippen molar-refractivity contribution >= 4 is 5.91 Å². The summed E-state index contributed by atoms with van der Waals surface area (Å²) in [5.41, 5.74) is 9.31. The largest absolute Gasteiger partial charge is 0.480 e. The van der Waals surface area contributed by atoms with Crippen molar-refractivity contribution in [2.24, 2.45) is 5.73 Å². The maximum atomic E-state index is 11.3. The van der Waals surface area contributed by atoms with Gasteiger partial charge in [-0.05, 0) is 24.3 Å². The van der Waals surface area contributed by atoms with Crippen molar-refractivity contribution < 1.29 is 14.7 Å². The molecule has 0 saturated carbocycles. The van der Waals surface area contributed by atoms with Crippen LogP contribution in [0.1, 0.15) is 23.7 Å². The Morgan fingerprint density at radius 1 is 1.48 bits per heavy atom. The smallest absolute Gasteiger partial charge is 0.309 e. The van der Waals surface area contributed by atoms with Gasteiger partial charge in [-0.25, -0.2) is 5.48 Å². The van der Waals surface area contributed by atoms with Crippen molar-refractivity contribution in [3.63, 3.8) is 0 Å². The first-order chi connectivity index (χ1) is 10.1. The Labute approximate surface area is 124 Å². The first-order valence-corrected chi connectivity index (χ1v) is 6.92. The Kier molecular flexibility index (Phi) is 5.32. The highest BCUT2D eigenvalue weighted by Crippen LogP contribution is 2.31. The van der Waals surface area contributed by atoms with E-state index in [-0.39, 0.29) is 11.9 Å². The predicted molar refractivity (Wildman–Crippen MR) is 78.3 cm³/mol. The summed E-state index contributed by atoms with van der Waals surface area (Å²) in [6, 6.07) is 8.11. The van der Waals surface area contributed by atoms with Gasteiger partial charge in [0.25, 0.3) is 0 Å². The zero-order valence-electron chi connectivity index (χ0n) is 12.1. The van der Waals surface area contributed by atoms with Crippen molar-refractivity contribution in [1.82, 2.24) is 10.4 Å². The van der Waals surface area contributed by atoms with E-state index in [1.807, 2.05) is 19.2 Å². The second-order valence-corrected chi connectivity index (χ2v) is 5.12. The first-order valence-electron chi connectivity index (χ1n) is 6.92. The Hall–Kier alpha value is -1.89. The second kappa shape index (κ2) is 7.21. The Morgan fingerprint density at radius 2 is 2.19 bits per heavy atom. The summed E-state index contributed by atoms with van der Waals surface area (Å²) >= 11 is 0. The predicted octanol–water partition coefficient (Wildman–Crippen LogP) is 0.928. The Balaban J connectivity index is 1.93. The van der Waals surface area contributed by atoms with Crippen LogP contribution in [0.4, 0.5) is 0 Å². The van der Waals surface area contributed by atoms with E-state index in [4.69, 9.17) is 15.7 Å². The lowest BCUT2D eigenvalue weighted by atomic mass is 10.1. The van der Waals surface area contributed by atoms with Gasteiger partial charge >= 0.3 is 5.91 Å². The van der Waals surface area contributed by atoms with Gasteiger partial charge in [0.05, 0.1) is 0 Å². The number of hydrogen-bond acceptors (Lipinski definition) is 5. The van der Waals surface area contributed by atoms with E-state index in [1.54, 1.807) is 11.6 Å². The number of nitrogens with two attached hydrogens (primary N) is 1. The number of amides is 1. The molecule has 0 fully saturated rings. The summed E-state index contributed by atoms with van der Waals surface area (Å²) < 4.78 is 5.52. The van der Waals surface area contributed by atoms with Crippen molar-refractivity contribution in [1.29, 1.82) is 0 Å². The average Bonchev–Trinajstić information content (AvgIpc) is 2.97. The number of hydrogen-bond donors (Lipinski definition) is 3. The molecule has 2 rings (SSSR count). The minimum absolute atomic E-state index is 0.161. The van der Waals surface area contributed by atoms with Gasteiger partial charge in [0.1, 0.15) is 6.10 Å². The number of benzene rings is 1. The number of carbonyl (C=O) groups excluding carboxylic acids is 1. The molecule has 1 aliphatic rings. The fourth-order valence-electron chi connectivity index (χ4n) is 2.32. The number of nitrogens with zero attached hydrogens (tertiary/aromatic N) is 1. The summed E-state index contributed by atoms with van der Waals surface area (Å²) in [4.78, 5) is 13.4. The SMILES string of the molecule is CN(CCN)Cc1ccc(C2CC=C(C(=O)NO)O2)cc1. The van der Waals surface area contributed by atoms with E-state index in [9.17, 15) is 4.79 Å². The fraction of sp³-hybridized carbons (Fsp3) is 0.400. The molecule has 6 heteroatoms. The van der Waals surface area contributed by atoms with E-state index in [0.29, 0.717) is 13.0 Å². The van der Waals surface area contributed by atoms with Crippen LogP contribution < -0.4 is 11.2 Å². The highest BCUT2D eigenvalue weighted by molar-refractivity contribution is 5.90. The summed E-state index contributed by atoms with van der Waals surface area (Å²) in [5, 5.41) is 8.58. The lowest BCUT2D eigenvalue weighted by Gasteiger charge is -2.17. The summed E-state index contributed by atoms with van der Waals surface area (Å²) in [7, 11) is 2.03. The summed E-state index contributed by atoms with van der Waals surface area (Å²) in [6.45, 7) is 2.35. The van der Waals surface area contributed by atoms with Crippen molar-refractivity contribution in [3.8, 4) is 0 Å². The van der Waals surface area contributed by atoms with Crippen LogP contribution in [0.15, 0.2) is 36.1 Å². The molecule has 6 nitrogen and oxygen atoms in total. The molecule has 4 N–H and O–H groups in total. The first kappa shape index (κ1) is 15.5. The third kappa shape index (κ3) is 4.04. The molecule has 0 aromatic heterocycles. The zero-order valence-corrected chi connectivity index (χ0v) is 12.1. The minimum Gasteiger partial charge on any atom is -0.480 e. The molecule has 1 atom stereocenters. The number of carbonyl (C=O) groups is 1. The maximum absolute atomic E-state index is 11.3. The van der Waals surface area contributed by atoms with Gasteiger partial charge in [-0.1, -0.05) is 24.3 Å². The van der Waals surface area contributed by atoms with Gasteiger partial charge < -0.3 is 15.4 Å². The molecule has 1 aliphatic heterocycles. The van der Waals surface area contributed by atoms with Gasteiger partial charge in [-0.2, -0.15) is 0 Å². The van der Waals surface area contributed by atoms with Crippen molar-refractivity contribution in [3.05, 3.63) is 47.2 Å². The molecule has 1 heterocycles. The van der Waals surface area contributed by atoms with Crippen LogP contribution >= 0.6 is 0 Å². The normalized spacial score (nSPS) is 17.5. The van der Waals surface area contributed by atoms with Crippen LogP contribution in [0.25, 0.3) is 0 Å². The number of likely N-dealkylation sites (N-methyl/N-ethyl adjacent to an activating group) is 1. The topological polar surface area (TPSA) is 87.8 Å². The van der Waals surface area contributed by atoms with Crippen LogP contribution in [0.2, 0.25) is 0 Å². The van der Waals surface area contributed by atoms with Crippen molar-refractivity contribution in [2.45, 2.75) is 19.1 Å². The molecule has 0 bridgehead atoms. The molecule has 21 heavy (non-hydrogen) atoms. The molecule has 0 radical (unpaired) electrons. The van der Waals surface area contributed by atoms with Crippen LogP contribution in [0, 0.1) is 0 Å². The van der Waals surface area contributed by atoms with Gasteiger partial charge in [0.2, 0.25) is 0 Å². The van der Waals surface area contributed by atoms with Crippen LogP contribution in [0.5, 0.6) is 0 Å². The highest BCUT2D eigenvalue weighted by Gasteiger charge is 2.24. The summed E-state index contributed by atoms with van der Waals surface area (Å²) in [6.07, 6.45) is 2.13. The summed E-state index contributed by atoms with van der Waals surface area (Å²) in [5.74, 6) is -0.452. The minimum atomic E-state index is -0.613. The van der Waals surface area contributed by atoms with E-state index in [2.05, 4.69) is 17.0 Å². The van der Waals surface area contributed by atoms with E-state index in [0.717, 1.165) is 18.7 Å². The van der Waals surface area contributed by atoms with Crippen LogP contribution in [0.3, 0.4) is 0 Å². The lowest BCUT2D eigenvalue weighted by Crippen LogP contribution is -2.24. The van der Waals surface area contributed by atoms with Gasteiger partial charge in [-0.15, -0.1) is 0 Å². The Morgan fingerprint density at radius 3 is 2.81 bits per heavy atom. The molecule has 1 aromatic rings. The van der Waals surface area contributed by atoms with Gasteiger partial charge in [0.15, 0.2) is 5.76 Å². The standard InChI is InChI=1S/C15H21N3O3/c1-18(9-8-16)10-11-2-4-12(5-3-11)13-6-7-14(21-13)15(19)17-20/h2-5,7,13,20H,6,8-10,16H2,1H3,(H,17,19). The third-order valence-electron chi connectivity index (χ3n) is 3.43. The van der Waals surface area contributed by atoms with E-state index < -0.39 is 5.91 Å². The Bertz CT molecular complexity index is 513. The molecule has 0 aliphatic carbocycles. The average molecular weight is 291 g/mol. The fourth-order valence-corrected chi connectivity index (χ4v) is 2.32. The molecule has 114 valence electrons. The van der Waals surface area contributed by atoms with Gasteiger partial charge in [0, 0.05) is 26.1 Å². The molecular weight excluding hydrogens is 270 g/mol. The number of nitrogens with one attached hydrogen (secondary N) is 1. The zero-order chi connectivity index (χ0) is 15.2. The highest BCUT2D eigenvalue weighted by atomic mass is 16.5. The molecule has 0 saturated heterocycles. The van der Waals surface area contributed by atoms with Crippen LogP contribution in [-0.4, -0.2) is 36.2 Å². The molecule has 1 aromatic carbocycles. The quantitative estimate of drug-likeness (QED) is 0.536. The van der Waals surface area contributed by atoms with Crippen molar-refractivity contribution in [2.75, 3.05) is 20.1 Å². The number of hydroxylamine groups is 1. The maximum Gasteiger partial charge on any atom is 0.309 e. The molecule has 0 spiro atoms. The molecular formula is C15H21N3O3. The number of rotatable bonds is 6. The monoisotopic (exact) mass is 291 g/mol. The second-order valence-electron chi connectivity index (χ2n) is 5.12. The van der Waals surface area contributed by atoms with E-state index >= 15 is 0 Å². The number of ether oxygens (including phenoxy) is 1. The van der Waals surface area contributed by atoms with E-state index in [1.165, 1.54) is 5.56 Å². The van der Waals surface area contributed by atoms with Gasteiger partial charge in [-0.3, -0.25) is 10.0 Å². The van der Waals surface area contributed by atoms with Crippen LogP contribution in [-0.2, 0) is 16.1 Å². The lowest BCUT2D eigenvalue weighted by molar-refractivity contribution is -0.129. The third-order valence-corrected chi connectivity index (χ3v) is 3.43.